The molecule has 0 aliphatic rings. The van der Waals surface area contributed by atoms with E-state index >= 15 is 0 Å². The number of primary amides is 1. The Hall–Kier alpha value is -2.94. The van der Waals surface area contributed by atoms with Gasteiger partial charge in [-0.1, -0.05) is 60.7 Å². The number of amides is 1. The second-order valence-electron chi connectivity index (χ2n) is 6.74. The summed E-state index contributed by atoms with van der Waals surface area (Å²) in [6, 6.07) is 20.8. The lowest BCUT2D eigenvalue weighted by Crippen LogP contribution is -2.40. The molecule has 0 fully saturated rings. The van der Waals surface area contributed by atoms with E-state index in [2.05, 4.69) is 58.3 Å². The molecule has 0 spiro atoms. The maximum atomic E-state index is 11.5. The van der Waals surface area contributed by atoms with Gasteiger partial charge in [-0.05, 0) is 25.0 Å². The number of hydrogen-bond acceptors (Lipinski definition) is 7. The van der Waals surface area contributed by atoms with Crippen molar-refractivity contribution >= 4 is 40.8 Å². The lowest BCUT2D eigenvalue weighted by Gasteiger charge is -2.25. The van der Waals surface area contributed by atoms with Gasteiger partial charge < -0.3 is 20.9 Å². The highest BCUT2D eigenvalue weighted by Gasteiger charge is 2.36. The van der Waals surface area contributed by atoms with E-state index in [1.54, 1.807) is 5.38 Å². The number of nitrogen functional groups attached to an aromatic ring is 1. The third-order valence-electron chi connectivity index (χ3n) is 4.04. The van der Waals surface area contributed by atoms with E-state index in [4.69, 9.17) is 16.2 Å². The Bertz CT molecular complexity index is 928. The first-order valence-electron chi connectivity index (χ1n) is 9.11. The van der Waals surface area contributed by atoms with Crippen molar-refractivity contribution in [3.8, 4) is 11.1 Å². The van der Waals surface area contributed by atoms with Gasteiger partial charge in [-0.2, -0.15) is 0 Å². The minimum absolute atomic E-state index is 0. The Labute approximate surface area is 191 Å². The van der Waals surface area contributed by atoms with Crippen molar-refractivity contribution in [1.82, 2.24) is 4.98 Å². The summed E-state index contributed by atoms with van der Waals surface area (Å²) in [5, 5.41) is 1.84. The average Bonchev–Trinajstić information content (AvgIpc) is 3.19. The molecule has 3 aromatic rings. The van der Waals surface area contributed by atoms with Crippen molar-refractivity contribution in [1.29, 1.82) is 0 Å². The normalized spacial score (nSPS) is 11.3. The average molecular weight is 464 g/mol. The fourth-order valence-corrected chi connectivity index (χ4v) is 3.11. The number of halogens is 1. The number of nitrogens with two attached hydrogens (primary N) is 2. The molecule has 0 aliphatic heterocycles. The molecule has 0 radical (unpaired) electrons. The first-order chi connectivity index (χ1) is 14.2. The zero-order valence-corrected chi connectivity index (χ0v) is 19.1. The summed E-state index contributed by atoms with van der Waals surface area (Å²) in [4.78, 5) is 26.8. The molecule has 0 aliphatic carbocycles. The van der Waals surface area contributed by atoms with Gasteiger partial charge in [-0.15, -0.1) is 23.7 Å². The smallest absolute Gasteiger partial charge is 0.337 e. The van der Waals surface area contributed by atoms with E-state index in [1.807, 2.05) is 12.1 Å². The van der Waals surface area contributed by atoms with Gasteiger partial charge in [0.25, 0.3) is 5.91 Å². The summed E-state index contributed by atoms with van der Waals surface area (Å²) in [6.07, 6.45) is -1.15. The molecule has 0 saturated heterocycles. The molecule has 31 heavy (non-hydrogen) atoms. The van der Waals surface area contributed by atoms with Crippen LogP contribution in [0, 0.1) is 0 Å². The van der Waals surface area contributed by atoms with Crippen LogP contribution in [0.15, 0.2) is 66.0 Å². The number of hydrogen-bond donors (Lipinski definition) is 2. The minimum Gasteiger partial charge on any atom is -0.467 e. The molecule has 3 rings (SSSR count). The quantitative estimate of drug-likeness (QED) is 0.533. The topological polar surface area (TPSA) is 118 Å². The molecule has 166 valence electrons. The highest BCUT2D eigenvalue weighted by Crippen LogP contribution is 2.26. The van der Waals surface area contributed by atoms with Crippen molar-refractivity contribution in [3.05, 3.63) is 71.7 Å². The predicted octanol–water partition coefficient (Wildman–Crippen LogP) is 4.00. The molecule has 7 nitrogen and oxygen atoms in total. The molecule has 2 aromatic carbocycles. The summed E-state index contributed by atoms with van der Waals surface area (Å²) in [6.45, 7) is 2.95. The van der Waals surface area contributed by atoms with Gasteiger partial charge in [0.15, 0.2) is 16.8 Å². The number of esters is 1. The molecule has 1 unspecified atom stereocenters. The Morgan fingerprint density at radius 3 is 1.84 bits per heavy atom. The van der Waals surface area contributed by atoms with E-state index in [9.17, 15) is 9.59 Å². The Morgan fingerprint density at radius 2 is 1.48 bits per heavy atom. The number of carbonyl (C=O) groups excluding carboxylic acids is 2. The number of thiazole rings is 1. The van der Waals surface area contributed by atoms with Crippen LogP contribution in [0.2, 0.25) is 0 Å². The lowest BCUT2D eigenvalue weighted by atomic mass is 10.1. The number of aromatic nitrogens is 1. The van der Waals surface area contributed by atoms with Gasteiger partial charge in [-0.25, -0.2) is 9.78 Å². The maximum absolute atomic E-state index is 11.5. The molecule has 0 saturated carbocycles. The summed E-state index contributed by atoms with van der Waals surface area (Å²) >= 11 is 1.15. The molecule has 4 N–H and O–H groups in total. The highest BCUT2D eigenvalue weighted by molar-refractivity contribution is 7.13. The third kappa shape index (κ3) is 7.67. The number of anilines is 1. The van der Waals surface area contributed by atoms with E-state index in [-0.39, 0.29) is 23.2 Å². The molecule has 1 atom stereocenters. The Morgan fingerprint density at radius 1 is 1.00 bits per heavy atom. The van der Waals surface area contributed by atoms with Crippen LogP contribution in [0.25, 0.3) is 11.1 Å². The van der Waals surface area contributed by atoms with Crippen molar-refractivity contribution < 1.29 is 19.1 Å². The van der Waals surface area contributed by atoms with Crippen LogP contribution in [0.3, 0.4) is 0 Å². The van der Waals surface area contributed by atoms with Gasteiger partial charge in [0.05, 0.1) is 12.8 Å². The highest BCUT2D eigenvalue weighted by atomic mass is 35.5. The van der Waals surface area contributed by atoms with Crippen molar-refractivity contribution in [2.45, 2.75) is 25.6 Å². The Kier molecular flexibility index (Phi) is 10.1. The van der Waals surface area contributed by atoms with Crippen LogP contribution in [-0.4, -0.2) is 29.6 Å². The number of ether oxygens (including phenoxy) is 2. The van der Waals surface area contributed by atoms with Crippen molar-refractivity contribution in [2.24, 2.45) is 5.73 Å². The molecule has 1 amide bonds. The monoisotopic (exact) mass is 463 g/mol. The fraction of sp³-hybridized carbons (Fsp3) is 0.227. The predicted molar refractivity (Wildman–Crippen MR) is 125 cm³/mol. The van der Waals surface area contributed by atoms with Crippen molar-refractivity contribution in [2.75, 3.05) is 12.8 Å². The largest absolute Gasteiger partial charge is 0.467 e. The second kappa shape index (κ2) is 12.0. The third-order valence-corrected chi connectivity index (χ3v) is 4.73. The molecular formula is C22H26ClN3O4S. The van der Waals surface area contributed by atoms with Crippen LogP contribution in [0.4, 0.5) is 5.13 Å². The van der Waals surface area contributed by atoms with Gasteiger partial charge >= 0.3 is 5.97 Å². The zero-order chi connectivity index (χ0) is 22.1. The van der Waals surface area contributed by atoms with Gasteiger partial charge in [0.1, 0.15) is 0 Å². The van der Waals surface area contributed by atoms with E-state index in [0.29, 0.717) is 0 Å². The van der Waals surface area contributed by atoms with Crippen LogP contribution in [0.5, 0.6) is 0 Å². The molecule has 0 bridgehead atoms. The molecule has 9 heteroatoms. The standard InChI is InChI=1S/C12H10.C10H15N3O4S.ClH/c1-3-7-11(8-4-1)12-9-5-2-6-10-12;1-10(2,8(15)16-3)17-6(7(11)14)5-4-18-9(12)13-5;/h1-10H;4,6H,1-3H3,(H2,11,14)(H2,12,13);1H. The number of nitrogens with zero attached hydrogens (tertiary/aromatic N) is 1. The summed E-state index contributed by atoms with van der Waals surface area (Å²) in [7, 11) is 1.23. The van der Waals surface area contributed by atoms with Gasteiger partial charge in [0, 0.05) is 5.38 Å². The van der Waals surface area contributed by atoms with Crippen molar-refractivity contribution in [3.63, 3.8) is 0 Å². The number of benzene rings is 2. The van der Waals surface area contributed by atoms with Crippen LogP contribution >= 0.6 is 23.7 Å². The number of rotatable bonds is 6. The van der Waals surface area contributed by atoms with Crippen LogP contribution in [0.1, 0.15) is 25.6 Å². The maximum Gasteiger partial charge on any atom is 0.337 e. The van der Waals surface area contributed by atoms with Gasteiger partial charge in [0.2, 0.25) is 0 Å². The SMILES string of the molecule is COC(=O)C(C)(C)OC(C(N)=O)c1csc(N)n1.Cl.c1ccc(-c2ccccc2)cc1. The van der Waals surface area contributed by atoms with E-state index in [0.717, 1.165) is 11.3 Å². The first kappa shape index (κ1) is 26.1. The molecule has 1 aromatic heterocycles. The minimum atomic E-state index is -1.31. The first-order valence-corrected chi connectivity index (χ1v) is 9.99. The molecule has 1 heterocycles. The number of methoxy groups -OCH3 is 1. The van der Waals surface area contributed by atoms with Crippen LogP contribution < -0.4 is 11.5 Å². The summed E-state index contributed by atoms with van der Waals surface area (Å²) < 4.78 is 9.97. The number of carbonyl (C=O) groups is 2. The second-order valence-corrected chi connectivity index (χ2v) is 7.63. The van der Waals surface area contributed by atoms with E-state index < -0.39 is 23.6 Å². The van der Waals surface area contributed by atoms with Gasteiger partial charge in [-0.3, -0.25) is 4.79 Å². The molecular weight excluding hydrogens is 438 g/mol. The van der Waals surface area contributed by atoms with E-state index in [1.165, 1.54) is 32.1 Å². The Balaban J connectivity index is 0.000000321. The summed E-state index contributed by atoms with van der Waals surface area (Å²) in [5.74, 6) is -1.37. The lowest BCUT2D eigenvalue weighted by molar-refractivity contribution is -0.174. The zero-order valence-electron chi connectivity index (χ0n) is 17.5. The van der Waals surface area contributed by atoms with Crippen LogP contribution in [-0.2, 0) is 19.1 Å². The summed E-state index contributed by atoms with van der Waals surface area (Å²) in [5.41, 5.74) is 12.2. The fourth-order valence-electron chi connectivity index (χ4n) is 2.54.